The molecule has 2 atom stereocenters. The molecular weight excluding hydrogens is 313 g/mol. The van der Waals surface area contributed by atoms with E-state index in [0.29, 0.717) is 23.8 Å². The van der Waals surface area contributed by atoms with Crippen molar-refractivity contribution in [1.29, 1.82) is 5.26 Å². The number of rotatable bonds is 6. The first kappa shape index (κ1) is 15.9. The van der Waals surface area contributed by atoms with Crippen molar-refractivity contribution in [2.24, 2.45) is 5.92 Å². The molecular formula is C21H20FN3. The largest absolute Gasteiger partial charge is 0.361 e. The molecule has 0 radical (unpaired) electrons. The topological polar surface area (TPSA) is 51.6 Å². The van der Waals surface area contributed by atoms with Crippen molar-refractivity contribution in [1.82, 2.24) is 10.3 Å². The highest BCUT2D eigenvalue weighted by atomic mass is 19.1. The molecule has 1 aromatic heterocycles. The maximum Gasteiger partial charge on any atom is 0.126 e. The minimum atomic E-state index is -0.124. The van der Waals surface area contributed by atoms with E-state index >= 15 is 0 Å². The van der Waals surface area contributed by atoms with Gasteiger partial charge in [0.25, 0.3) is 0 Å². The predicted octanol–water partition coefficient (Wildman–Crippen LogP) is 4.11. The number of aromatic amines is 1. The van der Waals surface area contributed by atoms with Crippen LogP contribution in [0.3, 0.4) is 0 Å². The highest BCUT2D eigenvalue weighted by Gasteiger charge is 2.39. The van der Waals surface area contributed by atoms with Crippen LogP contribution < -0.4 is 5.32 Å². The van der Waals surface area contributed by atoms with Gasteiger partial charge in [0.05, 0.1) is 11.6 Å². The Morgan fingerprint density at radius 1 is 1.24 bits per heavy atom. The summed E-state index contributed by atoms with van der Waals surface area (Å²) >= 11 is 0. The number of halogens is 1. The minimum Gasteiger partial charge on any atom is -0.361 e. The van der Waals surface area contributed by atoms with Crippen molar-refractivity contribution in [3.05, 3.63) is 71.2 Å². The third-order valence-corrected chi connectivity index (χ3v) is 5.10. The smallest absolute Gasteiger partial charge is 0.126 e. The Bertz CT molecular complexity index is 938. The van der Waals surface area contributed by atoms with Crippen LogP contribution in [0.15, 0.2) is 48.7 Å². The van der Waals surface area contributed by atoms with Crippen molar-refractivity contribution in [2.45, 2.75) is 18.8 Å². The summed E-state index contributed by atoms with van der Waals surface area (Å²) in [5, 5.41) is 13.7. The zero-order valence-corrected chi connectivity index (χ0v) is 13.9. The molecule has 1 fully saturated rings. The van der Waals surface area contributed by atoms with Gasteiger partial charge < -0.3 is 10.3 Å². The summed E-state index contributed by atoms with van der Waals surface area (Å²) in [4.78, 5) is 3.30. The Morgan fingerprint density at radius 2 is 2.12 bits per heavy atom. The van der Waals surface area contributed by atoms with Crippen LogP contribution in [0.2, 0.25) is 0 Å². The van der Waals surface area contributed by atoms with Crippen molar-refractivity contribution >= 4 is 10.9 Å². The fourth-order valence-corrected chi connectivity index (χ4v) is 3.58. The highest BCUT2D eigenvalue weighted by molar-refractivity contribution is 5.85. The zero-order valence-electron chi connectivity index (χ0n) is 13.9. The maximum atomic E-state index is 13.6. The van der Waals surface area contributed by atoms with Crippen molar-refractivity contribution < 1.29 is 4.39 Å². The monoisotopic (exact) mass is 333 g/mol. The van der Waals surface area contributed by atoms with Crippen LogP contribution in [0, 0.1) is 23.1 Å². The number of nitrogens with zero attached hydrogens (tertiary/aromatic N) is 1. The molecule has 4 rings (SSSR count). The van der Waals surface area contributed by atoms with Gasteiger partial charge in [-0.05, 0) is 73.2 Å². The third-order valence-electron chi connectivity index (χ3n) is 5.10. The third kappa shape index (κ3) is 3.29. The molecule has 126 valence electrons. The Morgan fingerprint density at radius 3 is 2.96 bits per heavy atom. The lowest BCUT2D eigenvalue weighted by atomic mass is 10.1. The number of hydrogen-bond donors (Lipinski definition) is 2. The quantitative estimate of drug-likeness (QED) is 0.667. The molecule has 0 spiro atoms. The molecule has 1 aliphatic carbocycles. The molecule has 3 nitrogen and oxygen atoms in total. The van der Waals surface area contributed by atoms with E-state index in [-0.39, 0.29) is 5.82 Å². The second-order valence-electron chi connectivity index (χ2n) is 6.76. The van der Waals surface area contributed by atoms with Gasteiger partial charge in [-0.25, -0.2) is 4.39 Å². The van der Waals surface area contributed by atoms with E-state index in [4.69, 9.17) is 5.26 Å². The second-order valence-corrected chi connectivity index (χ2v) is 6.76. The minimum absolute atomic E-state index is 0.124. The molecule has 3 aromatic rings. The van der Waals surface area contributed by atoms with Gasteiger partial charge >= 0.3 is 0 Å². The Balaban J connectivity index is 1.33. The van der Waals surface area contributed by atoms with Crippen LogP contribution in [-0.2, 0) is 6.42 Å². The van der Waals surface area contributed by atoms with Crippen molar-refractivity contribution in [2.75, 3.05) is 13.1 Å². The van der Waals surface area contributed by atoms with Gasteiger partial charge in [0.2, 0.25) is 0 Å². The van der Waals surface area contributed by atoms with Gasteiger partial charge in [-0.1, -0.05) is 18.2 Å². The number of hydrogen-bond acceptors (Lipinski definition) is 2. The van der Waals surface area contributed by atoms with E-state index in [1.54, 1.807) is 6.07 Å². The van der Waals surface area contributed by atoms with E-state index < -0.39 is 0 Å². The molecule has 2 aromatic carbocycles. The Labute approximate surface area is 146 Å². The first-order valence-electron chi connectivity index (χ1n) is 8.71. The summed E-state index contributed by atoms with van der Waals surface area (Å²) < 4.78 is 13.6. The molecule has 1 saturated carbocycles. The normalized spacial score (nSPS) is 19.0. The van der Waals surface area contributed by atoms with E-state index in [2.05, 4.69) is 22.6 Å². The van der Waals surface area contributed by atoms with Crippen LogP contribution in [0.25, 0.3) is 10.9 Å². The first-order chi connectivity index (χ1) is 12.3. The van der Waals surface area contributed by atoms with E-state index in [0.717, 1.165) is 36.0 Å². The van der Waals surface area contributed by atoms with Gasteiger partial charge in [-0.3, -0.25) is 0 Å². The average molecular weight is 333 g/mol. The highest BCUT2D eigenvalue weighted by Crippen LogP contribution is 2.49. The molecule has 2 unspecified atom stereocenters. The summed E-state index contributed by atoms with van der Waals surface area (Å²) in [5.41, 5.74) is 3.87. The van der Waals surface area contributed by atoms with Crippen LogP contribution in [0.5, 0.6) is 0 Å². The van der Waals surface area contributed by atoms with Crippen molar-refractivity contribution in [3.63, 3.8) is 0 Å². The van der Waals surface area contributed by atoms with Crippen LogP contribution in [0.4, 0.5) is 4.39 Å². The summed E-state index contributed by atoms with van der Waals surface area (Å²) in [7, 11) is 0. The van der Waals surface area contributed by atoms with Gasteiger partial charge in [-0.15, -0.1) is 0 Å². The number of fused-ring (bicyclic) bond motifs is 1. The van der Waals surface area contributed by atoms with E-state index in [1.165, 1.54) is 11.6 Å². The zero-order chi connectivity index (χ0) is 17.2. The lowest BCUT2D eigenvalue weighted by Crippen LogP contribution is -2.20. The molecule has 1 aliphatic rings. The summed E-state index contributed by atoms with van der Waals surface area (Å²) in [6.07, 6.45) is 3.95. The second kappa shape index (κ2) is 6.70. The van der Waals surface area contributed by atoms with Gasteiger partial charge in [0.1, 0.15) is 5.82 Å². The molecule has 0 saturated heterocycles. The summed E-state index contributed by atoms with van der Waals surface area (Å²) in [6, 6.07) is 15.0. The molecule has 0 aliphatic heterocycles. The van der Waals surface area contributed by atoms with Crippen LogP contribution >= 0.6 is 0 Å². The number of benzene rings is 2. The van der Waals surface area contributed by atoms with Crippen LogP contribution in [0.1, 0.15) is 29.0 Å². The fourth-order valence-electron chi connectivity index (χ4n) is 3.58. The standard InChI is InChI=1S/C21H20FN3/c22-20-4-2-1-3-15(20)7-8-24-12-16-10-17(16)19-13-25-21-6-5-14(11-23)9-18(19)21/h1-6,9,13,16-17,24-25H,7-8,10,12H2. The average Bonchev–Trinajstić information content (AvgIpc) is 3.28. The number of aromatic nitrogens is 1. The van der Waals surface area contributed by atoms with Gasteiger partial charge in [0.15, 0.2) is 0 Å². The number of H-pyrrole nitrogens is 1. The molecule has 4 heteroatoms. The lowest BCUT2D eigenvalue weighted by molar-refractivity contribution is 0.588. The molecule has 1 heterocycles. The molecule has 25 heavy (non-hydrogen) atoms. The Kier molecular flexibility index (Phi) is 4.25. The maximum absolute atomic E-state index is 13.6. The summed E-state index contributed by atoms with van der Waals surface area (Å²) in [6.45, 7) is 1.74. The van der Waals surface area contributed by atoms with E-state index in [9.17, 15) is 4.39 Å². The van der Waals surface area contributed by atoms with E-state index in [1.807, 2.05) is 30.3 Å². The van der Waals surface area contributed by atoms with Crippen molar-refractivity contribution in [3.8, 4) is 6.07 Å². The molecule has 0 amide bonds. The number of nitriles is 1. The molecule has 2 N–H and O–H groups in total. The fraction of sp³-hybridized carbons (Fsp3) is 0.286. The van der Waals surface area contributed by atoms with Crippen LogP contribution in [-0.4, -0.2) is 18.1 Å². The SMILES string of the molecule is N#Cc1ccc2[nH]cc(C3CC3CNCCc3ccccc3F)c2c1. The Hall–Kier alpha value is -2.64. The predicted molar refractivity (Wildman–Crippen MR) is 96.8 cm³/mol. The lowest BCUT2D eigenvalue weighted by Gasteiger charge is -2.05. The molecule has 0 bridgehead atoms. The van der Waals surface area contributed by atoms with Gasteiger partial charge in [0, 0.05) is 17.1 Å². The van der Waals surface area contributed by atoms with Gasteiger partial charge in [-0.2, -0.15) is 5.26 Å². The first-order valence-corrected chi connectivity index (χ1v) is 8.71. The number of nitrogens with one attached hydrogen (secondary N) is 2. The summed E-state index contributed by atoms with van der Waals surface area (Å²) in [5.74, 6) is 1.04.